The van der Waals surface area contributed by atoms with Gasteiger partial charge < -0.3 is 15.5 Å². The Morgan fingerprint density at radius 1 is 1.15 bits per heavy atom. The van der Waals surface area contributed by atoms with E-state index in [1.807, 2.05) is 31.2 Å². The van der Waals surface area contributed by atoms with E-state index in [9.17, 15) is 9.59 Å². The van der Waals surface area contributed by atoms with E-state index >= 15 is 0 Å². The highest BCUT2D eigenvalue weighted by Gasteiger charge is 2.51. The molecule has 1 aliphatic carbocycles. The zero-order valence-corrected chi connectivity index (χ0v) is 16.3. The molecule has 0 bridgehead atoms. The van der Waals surface area contributed by atoms with Crippen molar-refractivity contribution < 1.29 is 9.59 Å². The number of amides is 2. The molecular formula is C22H31N3O2. The second-order valence-electron chi connectivity index (χ2n) is 8.58. The fourth-order valence-corrected chi connectivity index (χ4v) is 5.30. The van der Waals surface area contributed by atoms with Gasteiger partial charge in [0, 0.05) is 31.2 Å². The van der Waals surface area contributed by atoms with Crippen molar-refractivity contribution in [3.05, 3.63) is 35.4 Å². The fourth-order valence-electron chi connectivity index (χ4n) is 5.30. The number of carbonyl (C=O) groups is 2. The number of benzene rings is 1. The minimum Gasteiger partial charge on any atom is -0.349 e. The first-order valence-electron chi connectivity index (χ1n) is 10.5. The Kier molecular flexibility index (Phi) is 5.22. The average Bonchev–Trinajstić information content (AvgIpc) is 3.13. The van der Waals surface area contributed by atoms with Crippen molar-refractivity contribution in [3.63, 3.8) is 0 Å². The lowest BCUT2D eigenvalue weighted by atomic mass is 9.67. The Morgan fingerprint density at radius 2 is 1.93 bits per heavy atom. The summed E-state index contributed by atoms with van der Waals surface area (Å²) in [5.74, 6) is 0.877. The standard InChI is InChI=1S/C22H31N3O2/c1-16-6-2-3-8-19(16)20(26)24-18-9-12-25(13-10-18)21(27)22-11-5-4-7-17(22)14-23-15-22/h2-3,6,8,17-18,23H,4-5,7,9-15H2,1H3,(H,24,26)/t17-,22+/m0/s1. The molecule has 2 saturated heterocycles. The maximum Gasteiger partial charge on any atom is 0.251 e. The van der Waals surface area contributed by atoms with Crippen LogP contribution in [0.1, 0.15) is 54.4 Å². The number of fused-ring (bicyclic) bond motifs is 1. The molecule has 1 aromatic carbocycles. The summed E-state index contributed by atoms with van der Waals surface area (Å²) in [6, 6.07) is 7.84. The molecule has 3 aliphatic rings. The molecular weight excluding hydrogens is 338 g/mol. The Balaban J connectivity index is 1.34. The van der Waals surface area contributed by atoms with Crippen molar-refractivity contribution in [1.29, 1.82) is 0 Å². The van der Waals surface area contributed by atoms with Gasteiger partial charge in [-0.2, -0.15) is 0 Å². The van der Waals surface area contributed by atoms with Crippen LogP contribution in [0.15, 0.2) is 24.3 Å². The van der Waals surface area contributed by atoms with Gasteiger partial charge in [0.25, 0.3) is 5.91 Å². The third kappa shape index (κ3) is 3.49. The maximum absolute atomic E-state index is 13.4. The van der Waals surface area contributed by atoms with Gasteiger partial charge in [-0.1, -0.05) is 31.0 Å². The number of hydrogen-bond acceptors (Lipinski definition) is 3. The van der Waals surface area contributed by atoms with Crippen molar-refractivity contribution in [2.45, 2.75) is 51.5 Å². The van der Waals surface area contributed by atoms with Crippen molar-refractivity contribution in [2.24, 2.45) is 11.3 Å². The number of nitrogens with zero attached hydrogens (tertiary/aromatic N) is 1. The summed E-state index contributed by atoms with van der Waals surface area (Å²) in [5.41, 5.74) is 1.59. The molecule has 0 spiro atoms. The molecule has 2 atom stereocenters. The van der Waals surface area contributed by atoms with Gasteiger partial charge in [-0.15, -0.1) is 0 Å². The molecule has 146 valence electrons. The third-order valence-electron chi connectivity index (χ3n) is 6.97. The predicted molar refractivity (Wildman–Crippen MR) is 106 cm³/mol. The van der Waals surface area contributed by atoms with Gasteiger partial charge in [-0.25, -0.2) is 0 Å². The lowest BCUT2D eigenvalue weighted by Crippen LogP contribution is -2.54. The van der Waals surface area contributed by atoms with Gasteiger partial charge in [-0.3, -0.25) is 9.59 Å². The monoisotopic (exact) mass is 369 g/mol. The highest BCUT2D eigenvalue weighted by molar-refractivity contribution is 5.95. The second-order valence-corrected chi connectivity index (χ2v) is 8.58. The summed E-state index contributed by atoms with van der Waals surface area (Å²) in [4.78, 5) is 28.0. The Morgan fingerprint density at radius 3 is 2.70 bits per heavy atom. The van der Waals surface area contributed by atoms with Crippen LogP contribution in [-0.2, 0) is 4.79 Å². The van der Waals surface area contributed by atoms with E-state index in [2.05, 4.69) is 15.5 Å². The quantitative estimate of drug-likeness (QED) is 0.861. The summed E-state index contributed by atoms with van der Waals surface area (Å²) in [5, 5.41) is 6.65. The zero-order chi connectivity index (χ0) is 18.9. The number of nitrogens with one attached hydrogen (secondary N) is 2. The molecule has 2 N–H and O–H groups in total. The Hall–Kier alpha value is -1.88. The van der Waals surface area contributed by atoms with E-state index in [4.69, 9.17) is 0 Å². The van der Waals surface area contributed by atoms with Crippen LogP contribution < -0.4 is 10.6 Å². The molecule has 0 radical (unpaired) electrons. The molecule has 0 aromatic heterocycles. The Bertz CT molecular complexity index is 711. The molecule has 4 rings (SSSR count). The molecule has 5 heteroatoms. The van der Waals surface area contributed by atoms with Crippen molar-refractivity contribution >= 4 is 11.8 Å². The van der Waals surface area contributed by atoms with E-state index in [1.165, 1.54) is 19.3 Å². The van der Waals surface area contributed by atoms with Crippen LogP contribution in [-0.4, -0.2) is 48.9 Å². The topological polar surface area (TPSA) is 61.4 Å². The van der Waals surface area contributed by atoms with Crippen LogP contribution in [0.5, 0.6) is 0 Å². The smallest absolute Gasteiger partial charge is 0.251 e. The fraction of sp³-hybridized carbons (Fsp3) is 0.636. The first kappa shape index (κ1) is 18.5. The Labute approximate surface area is 161 Å². The largest absolute Gasteiger partial charge is 0.349 e. The van der Waals surface area contributed by atoms with Crippen molar-refractivity contribution in [3.8, 4) is 0 Å². The number of rotatable bonds is 3. The first-order valence-corrected chi connectivity index (χ1v) is 10.5. The minimum absolute atomic E-state index is 0.00353. The van der Waals surface area contributed by atoms with Crippen LogP contribution in [0.25, 0.3) is 0 Å². The molecule has 3 fully saturated rings. The predicted octanol–water partition coefficient (Wildman–Crippen LogP) is 2.50. The van der Waals surface area contributed by atoms with Gasteiger partial charge in [0.15, 0.2) is 0 Å². The lowest BCUT2D eigenvalue weighted by Gasteiger charge is -2.43. The van der Waals surface area contributed by atoms with Crippen LogP contribution in [0, 0.1) is 18.3 Å². The normalized spacial score (nSPS) is 28.6. The molecule has 1 aromatic rings. The molecule has 27 heavy (non-hydrogen) atoms. The highest BCUT2D eigenvalue weighted by atomic mass is 16.2. The molecule has 0 unspecified atom stereocenters. The minimum atomic E-state index is -0.157. The van der Waals surface area contributed by atoms with Gasteiger partial charge in [-0.05, 0) is 56.7 Å². The van der Waals surface area contributed by atoms with Gasteiger partial charge in [0.05, 0.1) is 5.41 Å². The third-order valence-corrected chi connectivity index (χ3v) is 6.97. The van der Waals surface area contributed by atoms with Gasteiger partial charge >= 0.3 is 0 Å². The van der Waals surface area contributed by atoms with Crippen molar-refractivity contribution in [1.82, 2.24) is 15.5 Å². The average molecular weight is 370 g/mol. The number of likely N-dealkylation sites (tertiary alicyclic amines) is 1. The molecule has 5 nitrogen and oxygen atoms in total. The number of hydrogen-bond donors (Lipinski definition) is 2. The number of aryl methyl sites for hydroxylation is 1. The lowest BCUT2D eigenvalue weighted by molar-refractivity contribution is -0.146. The molecule has 2 heterocycles. The van der Waals surface area contributed by atoms with E-state index in [0.717, 1.165) is 56.6 Å². The second kappa shape index (κ2) is 7.63. The first-order chi connectivity index (χ1) is 13.1. The molecule has 2 amide bonds. The highest BCUT2D eigenvalue weighted by Crippen LogP contribution is 2.45. The van der Waals surface area contributed by atoms with Gasteiger partial charge in [0.2, 0.25) is 5.91 Å². The SMILES string of the molecule is Cc1ccccc1C(=O)NC1CCN(C(=O)[C@@]23CCCC[C@H]2CNC3)CC1. The van der Waals surface area contributed by atoms with E-state index < -0.39 is 0 Å². The summed E-state index contributed by atoms with van der Waals surface area (Å²) < 4.78 is 0. The maximum atomic E-state index is 13.4. The van der Waals surface area contributed by atoms with Crippen LogP contribution in [0.4, 0.5) is 0 Å². The van der Waals surface area contributed by atoms with Crippen LogP contribution in [0.2, 0.25) is 0 Å². The summed E-state index contributed by atoms with van der Waals surface area (Å²) >= 11 is 0. The summed E-state index contributed by atoms with van der Waals surface area (Å²) in [6.45, 7) is 5.32. The summed E-state index contributed by atoms with van der Waals surface area (Å²) in [6.07, 6.45) is 6.34. The zero-order valence-electron chi connectivity index (χ0n) is 16.3. The van der Waals surface area contributed by atoms with Crippen molar-refractivity contribution in [2.75, 3.05) is 26.2 Å². The molecule has 2 aliphatic heterocycles. The molecule has 1 saturated carbocycles. The van der Waals surface area contributed by atoms with Crippen LogP contribution in [0.3, 0.4) is 0 Å². The van der Waals surface area contributed by atoms with E-state index in [0.29, 0.717) is 11.8 Å². The van der Waals surface area contributed by atoms with E-state index in [-0.39, 0.29) is 17.4 Å². The van der Waals surface area contributed by atoms with Crippen LogP contribution >= 0.6 is 0 Å². The summed E-state index contributed by atoms with van der Waals surface area (Å²) in [7, 11) is 0. The van der Waals surface area contributed by atoms with Gasteiger partial charge in [0.1, 0.15) is 0 Å². The van der Waals surface area contributed by atoms with E-state index in [1.54, 1.807) is 0 Å². The number of piperidine rings is 1. The number of carbonyl (C=O) groups excluding carboxylic acids is 2.